The van der Waals surface area contributed by atoms with Gasteiger partial charge in [-0.25, -0.2) is 0 Å². The molecule has 2 nitrogen and oxygen atoms in total. The minimum atomic E-state index is -0.554. The van der Waals surface area contributed by atoms with Gasteiger partial charge in [-0.3, -0.25) is 0 Å². The third kappa shape index (κ3) is 5.47. The lowest BCUT2D eigenvalue weighted by Gasteiger charge is -2.34. The van der Waals surface area contributed by atoms with Crippen LogP contribution in [0.15, 0.2) is 169 Å². The quantitative estimate of drug-likeness (QED) is 0.146. The lowest BCUT2D eigenvalue weighted by Crippen LogP contribution is -2.28. The molecule has 1 heterocycles. The van der Waals surface area contributed by atoms with Crippen molar-refractivity contribution in [3.63, 3.8) is 0 Å². The summed E-state index contributed by atoms with van der Waals surface area (Å²) >= 11 is 0. The summed E-state index contributed by atoms with van der Waals surface area (Å²) < 4.78 is 6.90. The molecule has 2 aliphatic rings. The molecule has 0 aliphatic heterocycles. The Morgan fingerprint density at radius 3 is 2.13 bits per heavy atom. The first-order valence-corrected chi connectivity index (χ1v) is 19.4. The molecule has 2 heteroatoms. The van der Waals surface area contributed by atoms with Gasteiger partial charge in [0.1, 0.15) is 11.3 Å². The van der Waals surface area contributed by atoms with Gasteiger partial charge in [-0.2, -0.15) is 0 Å². The molecule has 0 saturated heterocycles. The van der Waals surface area contributed by atoms with Gasteiger partial charge < -0.3 is 9.32 Å². The summed E-state index contributed by atoms with van der Waals surface area (Å²) in [5, 5.41) is 1.12. The van der Waals surface area contributed by atoms with E-state index in [9.17, 15) is 0 Å². The van der Waals surface area contributed by atoms with Crippen LogP contribution >= 0.6 is 0 Å². The van der Waals surface area contributed by atoms with Gasteiger partial charge in [0.15, 0.2) is 0 Å². The normalized spacial score (nSPS) is 15.6. The second-order valence-corrected chi connectivity index (χ2v) is 15.0. The first-order chi connectivity index (χ1) is 26.9. The second-order valence-electron chi connectivity index (χ2n) is 15.0. The number of rotatable bonds is 8. The van der Waals surface area contributed by atoms with Crippen LogP contribution in [0.2, 0.25) is 0 Å². The van der Waals surface area contributed by atoms with Gasteiger partial charge in [0, 0.05) is 33.6 Å². The van der Waals surface area contributed by atoms with Crippen LogP contribution in [-0.2, 0) is 5.41 Å². The van der Waals surface area contributed by atoms with Crippen molar-refractivity contribution in [2.24, 2.45) is 0 Å². The average Bonchev–Trinajstić information content (AvgIpc) is 3.72. The highest BCUT2D eigenvalue weighted by atomic mass is 16.3. The molecule has 7 aromatic rings. The zero-order valence-corrected chi connectivity index (χ0v) is 32.0. The molecular weight excluding hydrogens is 667 g/mol. The number of nitrogens with zero attached hydrogens (tertiary/aromatic N) is 1. The Bertz CT molecular complexity index is 2630. The van der Waals surface area contributed by atoms with Crippen molar-refractivity contribution in [1.82, 2.24) is 0 Å². The Hall–Kier alpha value is -6.38. The fourth-order valence-electron chi connectivity index (χ4n) is 9.01. The van der Waals surface area contributed by atoms with Crippen LogP contribution in [0.3, 0.4) is 0 Å². The summed E-state index contributed by atoms with van der Waals surface area (Å²) in [6, 6.07) is 49.6. The number of furan rings is 1. The molecule has 0 spiro atoms. The summed E-state index contributed by atoms with van der Waals surface area (Å²) in [6.45, 7) is 12.7. The second kappa shape index (κ2) is 13.8. The maximum Gasteiger partial charge on any atom is 0.143 e. The van der Waals surface area contributed by atoms with E-state index in [0.717, 1.165) is 51.3 Å². The molecule has 6 aromatic carbocycles. The molecular formula is C53H45NO. The SMILES string of the molecule is C=C/C=C\c1oc2c3c(ccc2c1C)C(c1ccccc1)(c1ccccc1)c1ccc(N(c2ccc(/C(C)=C/C)cc2)c2ccc4c(c2)C(C)CC=C4)cc1-3. The van der Waals surface area contributed by atoms with Gasteiger partial charge in [-0.15, -0.1) is 0 Å². The van der Waals surface area contributed by atoms with Crippen molar-refractivity contribution < 1.29 is 4.42 Å². The number of hydrogen-bond donors (Lipinski definition) is 0. The van der Waals surface area contributed by atoms with Crippen LogP contribution in [0.4, 0.5) is 17.1 Å². The summed E-state index contributed by atoms with van der Waals surface area (Å²) in [5.41, 5.74) is 17.3. The monoisotopic (exact) mass is 711 g/mol. The fourth-order valence-corrected chi connectivity index (χ4v) is 9.01. The van der Waals surface area contributed by atoms with Crippen LogP contribution in [0, 0.1) is 6.92 Å². The molecule has 1 aromatic heterocycles. The minimum Gasteiger partial charge on any atom is -0.456 e. The molecule has 1 unspecified atom stereocenters. The van der Waals surface area contributed by atoms with Crippen LogP contribution in [0.25, 0.3) is 39.8 Å². The van der Waals surface area contributed by atoms with E-state index >= 15 is 0 Å². The first kappa shape index (κ1) is 34.4. The van der Waals surface area contributed by atoms with Crippen LogP contribution in [-0.4, -0.2) is 0 Å². The Balaban J connectivity index is 1.35. The van der Waals surface area contributed by atoms with Crippen molar-refractivity contribution in [3.05, 3.63) is 215 Å². The molecule has 0 radical (unpaired) electrons. The smallest absolute Gasteiger partial charge is 0.143 e. The number of benzene rings is 6. The molecule has 0 N–H and O–H groups in total. The highest BCUT2D eigenvalue weighted by Gasteiger charge is 2.47. The molecule has 1 atom stereocenters. The molecule has 0 fully saturated rings. The van der Waals surface area contributed by atoms with Gasteiger partial charge in [-0.05, 0) is 126 Å². The number of anilines is 3. The topological polar surface area (TPSA) is 16.4 Å². The summed E-state index contributed by atoms with van der Waals surface area (Å²) in [4.78, 5) is 2.43. The summed E-state index contributed by atoms with van der Waals surface area (Å²) in [5.74, 6) is 1.30. The third-order valence-corrected chi connectivity index (χ3v) is 11.9. The number of fused-ring (bicyclic) bond motifs is 6. The van der Waals surface area contributed by atoms with Crippen molar-refractivity contribution in [3.8, 4) is 11.1 Å². The van der Waals surface area contributed by atoms with E-state index in [1.54, 1.807) is 6.08 Å². The molecule has 268 valence electrons. The van der Waals surface area contributed by atoms with Gasteiger partial charge in [0.05, 0.1) is 5.41 Å². The molecule has 2 aliphatic carbocycles. The average molecular weight is 712 g/mol. The summed E-state index contributed by atoms with van der Waals surface area (Å²) in [6.07, 6.45) is 13.6. The Morgan fingerprint density at radius 2 is 1.44 bits per heavy atom. The van der Waals surface area contributed by atoms with E-state index in [1.165, 1.54) is 50.1 Å². The number of hydrogen-bond acceptors (Lipinski definition) is 2. The highest BCUT2D eigenvalue weighted by molar-refractivity contribution is 6.04. The van der Waals surface area contributed by atoms with Crippen LogP contribution in [0.1, 0.15) is 83.4 Å². The molecule has 0 saturated carbocycles. The largest absolute Gasteiger partial charge is 0.456 e. The van der Waals surface area contributed by atoms with E-state index in [0.29, 0.717) is 5.92 Å². The van der Waals surface area contributed by atoms with Crippen molar-refractivity contribution in [2.45, 2.75) is 45.4 Å². The van der Waals surface area contributed by atoms with Crippen LogP contribution in [0.5, 0.6) is 0 Å². The number of allylic oxidation sites excluding steroid dienone is 5. The standard InChI is InChI=1S/C53H45NO/c1-6-8-22-50-37(5)45-30-32-49-51(52(45)55-50)47-34-44(29-31-48(47)53(49,40-18-11-9-12-19-40)41-20-13-10-14-21-41)54(42-26-23-38(24-27-42)35(3)7-2)43-28-25-39-17-15-16-36(4)46(39)33-43/h6-15,17-34,36H,1,16H2,2-5H3/b22-8-,35-7+. The van der Waals surface area contributed by atoms with Gasteiger partial charge in [0.2, 0.25) is 0 Å². The third-order valence-electron chi connectivity index (χ3n) is 11.9. The lowest BCUT2D eigenvalue weighted by atomic mass is 9.67. The molecule has 9 rings (SSSR count). The molecule has 0 amide bonds. The zero-order chi connectivity index (χ0) is 37.7. The highest BCUT2D eigenvalue weighted by Crippen LogP contribution is 2.59. The number of aryl methyl sites for hydroxylation is 1. The minimum absolute atomic E-state index is 0.450. The first-order valence-electron chi connectivity index (χ1n) is 19.4. The maximum absolute atomic E-state index is 6.90. The van der Waals surface area contributed by atoms with E-state index in [2.05, 4.69) is 191 Å². The van der Waals surface area contributed by atoms with Gasteiger partial charge in [-0.1, -0.05) is 141 Å². The maximum atomic E-state index is 6.90. The fraction of sp³-hybridized carbons (Fsp3) is 0.132. The van der Waals surface area contributed by atoms with Crippen molar-refractivity contribution >= 4 is 45.8 Å². The Morgan fingerprint density at radius 1 is 0.782 bits per heavy atom. The van der Waals surface area contributed by atoms with E-state index in [4.69, 9.17) is 4.42 Å². The summed E-state index contributed by atoms with van der Waals surface area (Å²) in [7, 11) is 0. The van der Waals surface area contributed by atoms with Crippen molar-refractivity contribution in [2.75, 3.05) is 4.90 Å². The van der Waals surface area contributed by atoms with Gasteiger partial charge in [0.25, 0.3) is 0 Å². The Labute approximate surface area is 325 Å². The molecule has 0 bridgehead atoms. The zero-order valence-electron chi connectivity index (χ0n) is 32.0. The van der Waals surface area contributed by atoms with E-state index < -0.39 is 5.41 Å². The van der Waals surface area contributed by atoms with E-state index in [1.807, 2.05) is 12.2 Å². The molecule has 55 heavy (non-hydrogen) atoms. The predicted octanol–water partition coefficient (Wildman–Crippen LogP) is 14.7. The predicted molar refractivity (Wildman–Crippen MR) is 234 cm³/mol. The Kier molecular flexibility index (Phi) is 8.63. The van der Waals surface area contributed by atoms with E-state index in [-0.39, 0.29) is 0 Å². The van der Waals surface area contributed by atoms with Crippen LogP contribution < -0.4 is 4.90 Å². The lowest BCUT2D eigenvalue weighted by molar-refractivity contribution is 0.601. The van der Waals surface area contributed by atoms with Gasteiger partial charge >= 0.3 is 0 Å². The van der Waals surface area contributed by atoms with Crippen molar-refractivity contribution in [1.29, 1.82) is 0 Å².